The summed E-state index contributed by atoms with van der Waals surface area (Å²) in [7, 11) is 0. The summed E-state index contributed by atoms with van der Waals surface area (Å²) in [5.41, 5.74) is 7.94. The topological polar surface area (TPSA) is 61.3 Å². The number of nitrogens with zero attached hydrogens (tertiary/aromatic N) is 1. The molecular formula is C15H13BrN2O2S. The maximum atomic E-state index is 5.72. The summed E-state index contributed by atoms with van der Waals surface area (Å²) in [6.07, 6.45) is 0. The fourth-order valence-electron chi connectivity index (χ4n) is 1.83. The molecule has 0 amide bonds. The molecule has 0 aliphatic rings. The van der Waals surface area contributed by atoms with Gasteiger partial charge >= 0.3 is 0 Å². The molecule has 0 radical (unpaired) electrons. The number of aromatic nitrogens is 1. The second-order valence-electron chi connectivity index (χ2n) is 4.36. The van der Waals surface area contributed by atoms with Crippen LogP contribution in [0, 0.1) is 0 Å². The molecule has 1 aromatic heterocycles. The predicted octanol–water partition coefficient (Wildman–Crippen LogP) is 4.34. The van der Waals surface area contributed by atoms with Gasteiger partial charge in [0.2, 0.25) is 0 Å². The molecule has 0 fully saturated rings. The van der Waals surface area contributed by atoms with Crippen molar-refractivity contribution < 1.29 is 9.15 Å². The number of nitrogens with two attached hydrogens (primary N) is 1. The number of anilines is 1. The highest BCUT2D eigenvalue weighted by atomic mass is 79.9. The minimum Gasteiger partial charge on any atom is -0.493 e. The first-order chi connectivity index (χ1) is 10.2. The quantitative estimate of drug-likeness (QED) is 0.414. The molecule has 0 saturated heterocycles. The number of halogens is 1. The molecule has 0 bridgehead atoms. The first-order valence-corrected chi connectivity index (χ1v) is 8.16. The number of fused-ring (bicyclic) bond motifs is 1. The van der Waals surface area contributed by atoms with Gasteiger partial charge in [0.05, 0.1) is 6.61 Å². The highest BCUT2D eigenvalue weighted by Crippen LogP contribution is 2.25. The Hall–Kier alpha value is -1.66. The number of oxazole rings is 1. The molecular weight excluding hydrogens is 352 g/mol. The normalized spacial score (nSPS) is 10.9. The van der Waals surface area contributed by atoms with Crippen LogP contribution in [0.15, 0.2) is 56.6 Å². The van der Waals surface area contributed by atoms with Crippen LogP contribution in [-0.2, 0) is 0 Å². The molecule has 108 valence electrons. The van der Waals surface area contributed by atoms with Gasteiger partial charge in [-0.3, -0.25) is 0 Å². The molecule has 0 unspecified atom stereocenters. The lowest BCUT2D eigenvalue weighted by Crippen LogP contribution is -1.99. The van der Waals surface area contributed by atoms with Gasteiger partial charge in [0.15, 0.2) is 5.58 Å². The largest absolute Gasteiger partial charge is 0.493 e. The van der Waals surface area contributed by atoms with E-state index in [2.05, 4.69) is 20.9 Å². The van der Waals surface area contributed by atoms with Gasteiger partial charge in [0, 0.05) is 15.9 Å². The molecule has 0 aliphatic heterocycles. The zero-order valence-corrected chi connectivity index (χ0v) is 13.5. The van der Waals surface area contributed by atoms with Crippen molar-refractivity contribution in [2.45, 2.75) is 5.22 Å². The van der Waals surface area contributed by atoms with Gasteiger partial charge in [-0.1, -0.05) is 33.8 Å². The molecule has 0 aliphatic carbocycles. The van der Waals surface area contributed by atoms with Crippen molar-refractivity contribution in [1.29, 1.82) is 0 Å². The molecule has 3 aromatic rings. The summed E-state index contributed by atoms with van der Waals surface area (Å²) in [5.74, 6) is 1.60. The van der Waals surface area contributed by atoms with Gasteiger partial charge in [0.25, 0.3) is 5.22 Å². The van der Waals surface area contributed by atoms with E-state index in [4.69, 9.17) is 14.9 Å². The number of ether oxygens (including phenoxy) is 1. The van der Waals surface area contributed by atoms with Gasteiger partial charge in [-0.25, -0.2) is 4.98 Å². The van der Waals surface area contributed by atoms with E-state index < -0.39 is 0 Å². The van der Waals surface area contributed by atoms with Crippen LogP contribution in [0.5, 0.6) is 5.75 Å². The summed E-state index contributed by atoms with van der Waals surface area (Å²) in [6.45, 7) is 0.585. The summed E-state index contributed by atoms with van der Waals surface area (Å²) in [6, 6.07) is 13.2. The summed E-state index contributed by atoms with van der Waals surface area (Å²) in [4.78, 5) is 4.39. The Bertz CT molecular complexity index is 760. The van der Waals surface area contributed by atoms with Gasteiger partial charge in [-0.15, -0.1) is 0 Å². The molecule has 0 saturated carbocycles. The van der Waals surface area contributed by atoms with Crippen LogP contribution >= 0.6 is 27.7 Å². The SMILES string of the molecule is Nc1ccc2oc(SCCOc3cccc(Br)c3)nc2c1. The minimum absolute atomic E-state index is 0.585. The minimum atomic E-state index is 0.585. The maximum absolute atomic E-state index is 5.72. The Kier molecular flexibility index (Phi) is 4.36. The van der Waals surface area contributed by atoms with Crippen molar-refractivity contribution in [3.05, 3.63) is 46.9 Å². The van der Waals surface area contributed by atoms with Crippen LogP contribution in [0.1, 0.15) is 0 Å². The van der Waals surface area contributed by atoms with Crippen molar-refractivity contribution in [3.63, 3.8) is 0 Å². The van der Waals surface area contributed by atoms with E-state index in [0.717, 1.165) is 27.1 Å². The molecule has 0 atom stereocenters. The van der Waals surface area contributed by atoms with Gasteiger partial charge in [-0.2, -0.15) is 0 Å². The highest BCUT2D eigenvalue weighted by molar-refractivity contribution is 9.10. The van der Waals surface area contributed by atoms with Crippen LogP contribution in [0.4, 0.5) is 5.69 Å². The van der Waals surface area contributed by atoms with Crippen LogP contribution < -0.4 is 10.5 Å². The fraction of sp³-hybridized carbons (Fsp3) is 0.133. The molecule has 3 rings (SSSR count). The molecule has 1 heterocycles. The van der Waals surface area contributed by atoms with Crippen molar-refractivity contribution in [2.24, 2.45) is 0 Å². The molecule has 0 spiro atoms. The number of hydrogen-bond donors (Lipinski definition) is 1. The Labute approximate surface area is 134 Å². The average molecular weight is 365 g/mol. The average Bonchev–Trinajstić information content (AvgIpc) is 2.85. The van der Waals surface area contributed by atoms with E-state index in [1.165, 1.54) is 11.8 Å². The third kappa shape index (κ3) is 3.71. The first-order valence-electron chi connectivity index (χ1n) is 6.38. The predicted molar refractivity (Wildman–Crippen MR) is 88.8 cm³/mol. The maximum Gasteiger partial charge on any atom is 0.256 e. The lowest BCUT2D eigenvalue weighted by molar-refractivity contribution is 0.343. The fourth-order valence-corrected chi connectivity index (χ4v) is 2.86. The number of nitrogen functional groups attached to an aromatic ring is 1. The summed E-state index contributed by atoms with van der Waals surface area (Å²) >= 11 is 4.93. The van der Waals surface area contributed by atoms with Crippen LogP contribution in [0.2, 0.25) is 0 Å². The third-order valence-electron chi connectivity index (χ3n) is 2.77. The molecule has 2 N–H and O–H groups in total. The van der Waals surface area contributed by atoms with Gasteiger partial charge in [0.1, 0.15) is 11.3 Å². The smallest absolute Gasteiger partial charge is 0.256 e. The Morgan fingerprint density at radius 2 is 2.14 bits per heavy atom. The molecule has 4 nitrogen and oxygen atoms in total. The van der Waals surface area contributed by atoms with Crippen LogP contribution in [0.3, 0.4) is 0 Å². The molecule has 2 aromatic carbocycles. The van der Waals surface area contributed by atoms with E-state index in [1.807, 2.05) is 30.3 Å². The summed E-state index contributed by atoms with van der Waals surface area (Å²) < 4.78 is 12.3. The van der Waals surface area contributed by atoms with Crippen LogP contribution in [-0.4, -0.2) is 17.3 Å². The standard InChI is InChI=1S/C15H13BrN2O2S/c16-10-2-1-3-12(8-10)19-6-7-21-15-18-13-9-11(17)4-5-14(13)20-15/h1-5,8-9H,6-7,17H2. The molecule has 21 heavy (non-hydrogen) atoms. The number of thioether (sulfide) groups is 1. The second kappa shape index (κ2) is 6.41. The lowest BCUT2D eigenvalue weighted by atomic mass is 10.3. The molecule has 6 heteroatoms. The highest BCUT2D eigenvalue weighted by Gasteiger charge is 2.06. The van der Waals surface area contributed by atoms with E-state index in [9.17, 15) is 0 Å². The first kappa shape index (κ1) is 14.3. The second-order valence-corrected chi connectivity index (χ2v) is 6.32. The van der Waals surface area contributed by atoms with Gasteiger partial charge in [-0.05, 0) is 36.4 Å². The van der Waals surface area contributed by atoms with Crippen LogP contribution in [0.25, 0.3) is 11.1 Å². The van der Waals surface area contributed by atoms with Crippen molar-refractivity contribution in [2.75, 3.05) is 18.1 Å². The Balaban J connectivity index is 1.54. The Morgan fingerprint density at radius 3 is 3.00 bits per heavy atom. The summed E-state index contributed by atoms with van der Waals surface area (Å²) in [5, 5.41) is 0.633. The van der Waals surface area contributed by atoms with E-state index in [-0.39, 0.29) is 0 Å². The number of hydrogen-bond acceptors (Lipinski definition) is 5. The monoisotopic (exact) mass is 364 g/mol. The van der Waals surface area contributed by atoms with Crippen molar-refractivity contribution in [3.8, 4) is 5.75 Å². The van der Waals surface area contributed by atoms with E-state index >= 15 is 0 Å². The van der Waals surface area contributed by atoms with E-state index in [1.54, 1.807) is 12.1 Å². The number of benzene rings is 2. The van der Waals surface area contributed by atoms with Crippen molar-refractivity contribution in [1.82, 2.24) is 4.98 Å². The van der Waals surface area contributed by atoms with Crippen molar-refractivity contribution >= 4 is 44.5 Å². The number of rotatable bonds is 5. The zero-order valence-electron chi connectivity index (χ0n) is 11.1. The lowest BCUT2D eigenvalue weighted by Gasteiger charge is -2.04. The van der Waals surface area contributed by atoms with Gasteiger partial charge < -0.3 is 14.9 Å². The zero-order chi connectivity index (χ0) is 14.7. The third-order valence-corrected chi connectivity index (χ3v) is 4.05. The van der Waals surface area contributed by atoms with E-state index in [0.29, 0.717) is 17.5 Å². The Morgan fingerprint density at radius 1 is 1.24 bits per heavy atom.